The summed E-state index contributed by atoms with van der Waals surface area (Å²) in [5, 5.41) is 6.61. The lowest BCUT2D eigenvalue weighted by Gasteiger charge is -2.39. The van der Waals surface area contributed by atoms with E-state index in [0.29, 0.717) is 18.4 Å². The Morgan fingerprint density at radius 3 is 2.79 bits per heavy atom. The van der Waals surface area contributed by atoms with Crippen molar-refractivity contribution >= 4 is 28.8 Å². The summed E-state index contributed by atoms with van der Waals surface area (Å²) in [6, 6.07) is 0. The van der Waals surface area contributed by atoms with Crippen molar-refractivity contribution < 1.29 is 8.78 Å². The van der Waals surface area contributed by atoms with Crippen LogP contribution in [-0.4, -0.2) is 36.3 Å². The molecule has 1 fully saturated rings. The van der Waals surface area contributed by atoms with Crippen molar-refractivity contribution in [3.8, 4) is 0 Å². The monoisotopic (exact) mass is 383 g/mol. The van der Waals surface area contributed by atoms with E-state index in [1.165, 1.54) is 28.8 Å². The van der Waals surface area contributed by atoms with Gasteiger partial charge in [-0.2, -0.15) is 8.78 Å². The molecule has 108 valence electrons. The Kier molecular flexibility index (Phi) is 4.94. The van der Waals surface area contributed by atoms with E-state index in [0.717, 1.165) is 31.8 Å². The second-order valence-corrected chi connectivity index (χ2v) is 7.14. The zero-order valence-electron chi connectivity index (χ0n) is 11.1. The highest BCUT2D eigenvalue weighted by molar-refractivity contribution is 14.1. The first-order valence-electron chi connectivity index (χ1n) is 6.60. The highest BCUT2D eigenvalue weighted by atomic mass is 127. The summed E-state index contributed by atoms with van der Waals surface area (Å²) >= 11 is 1.18. The average molecular weight is 383 g/mol. The van der Waals surface area contributed by atoms with Crippen LogP contribution in [0.15, 0.2) is 16.8 Å². The maximum atomic E-state index is 13.1. The second kappa shape index (κ2) is 6.13. The van der Waals surface area contributed by atoms with E-state index in [2.05, 4.69) is 22.5 Å². The number of halogens is 3. The predicted molar refractivity (Wildman–Crippen MR) is 82.1 cm³/mol. The summed E-state index contributed by atoms with van der Waals surface area (Å²) in [5.74, 6) is -0.767. The molecule has 0 aromatic rings. The van der Waals surface area contributed by atoms with Gasteiger partial charge >= 0.3 is 3.93 Å². The molecule has 1 unspecified atom stereocenters. The van der Waals surface area contributed by atoms with Gasteiger partial charge in [0, 0.05) is 31.5 Å². The van der Waals surface area contributed by atoms with E-state index in [4.69, 9.17) is 0 Å². The molecule has 0 saturated carbocycles. The second-order valence-electron chi connectivity index (χ2n) is 5.70. The average Bonchev–Trinajstić information content (AvgIpc) is 2.32. The summed E-state index contributed by atoms with van der Waals surface area (Å²) in [6.07, 6.45) is 4.71. The third kappa shape index (κ3) is 4.46. The third-order valence-corrected chi connectivity index (χ3v) is 4.56. The Hall–Kier alpha value is -0.0800. The van der Waals surface area contributed by atoms with Crippen molar-refractivity contribution in [1.29, 1.82) is 0 Å². The van der Waals surface area contributed by atoms with Gasteiger partial charge in [-0.15, -0.1) is 0 Å². The van der Waals surface area contributed by atoms with Gasteiger partial charge in [0.15, 0.2) is 0 Å². The lowest BCUT2D eigenvalue weighted by Crippen LogP contribution is -2.52. The van der Waals surface area contributed by atoms with Crippen LogP contribution in [0.5, 0.6) is 0 Å². The van der Waals surface area contributed by atoms with Crippen LogP contribution in [-0.2, 0) is 0 Å². The molecule has 1 atom stereocenters. The molecule has 1 saturated heterocycles. The quantitative estimate of drug-likeness (QED) is 0.420. The maximum Gasteiger partial charge on any atom is 0.304 e. The zero-order valence-corrected chi connectivity index (χ0v) is 13.2. The molecule has 19 heavy (non-hydrogen) atoms. The van der Waals surface area contributed by atoms with E-state index in [9.17, 15) is 8.78 Å². The van der Waals surface area contributed by atoms with Gasteiger partial charge < -0.3 is 10.6 Å². The molecule has 0 amide bonds. The Bertz CT molecular complexity index is 373. The SMILES string of the molecule is CC1(CCNCC2=CCC(C(F)(F)I)C=N2)CNC1. The van der Waals surface area contributed by atoms with E-state index in [-0.39, 0.29) is 0 Å². The number of hydrogen-bond donors (Lipinski definition) is 2. The number of rotatable bonds is 6. The fourth-order valence-corrected chi connectivity index (χ4v) is 2.65. The largest absolute Gasteiger partial charge is 0.316 e. The van der Waals surface area contributed by atoms with E-state index in [1.54, 1.807) is 0 Å². The Morgan fingerprint density at radius 1 is 1.58 bits per heavy atom. The first-order valence-corrected chi connectivity index (χ1v) is 7.68. The molecule has 2 N–H and O–H groups in total. The Balaban J connectivity index is 1.65. The molecular weight excluding hydrogens is 363 g/mol. The smallest absolute Gasteiger partial charge is 0.304 e. The van der Waals surface area contributed by atoms with Gasteiger partial charge in [0.05, 0.1) is 5.92 Å². The molecule has 2 heterocycles. The molecule has 2 rings (SSSR count). The highest BCUT2D eigenvalue weighted by Gasteiger charge is 2.35. The van der Waals surface area contributed by atoms with Crippen LogP contribution in [0.1, 0.15) is 19.8 Å². The number of hydrogen-bond acceptors (Lipinski definition) is 3. The van der Waals surface area contributed by atoms with Crippen LogP contribution < -0.4 is 10.6 Å². The molecular formula is C13H20F2IN3. The first kappa shape index (κ1) is 15.3. The van der Waals surface area contributed by atoms with Crippen LogP contribution in [0, 0.1) is 11.3 Å². The summed E-state index contributed by atoms with van der Waals surface area (Å²) in [4.78, 5) is 4.12. The molecule has 2 aliphatic heterocycles. The number of aliphatic imine (C=N–C) groups is 1. The standard InChI is InChI=1S/C13H20F2IN3/c1-12(8-18-9-12)4-5-17-7-11-3-2-10(6-19-11)13(14,15)16/h3,6,10,17-18H,2,4-5,7-9H2,1H3. The van der Waals surface area contributed by atoms with E-state index in [1.807, 2.05) is 6.08 Å². The fraction of sp³-hybridized carbons (Fsp3) is 0.769. The predicted octanol–water partition coefficient (Wildman–Crippen LogP) is 2.58. The normalized spacial score (nSPS) is 25.9. The number of nitrogens with zero attached hydrogens (tertiary/aromatic N) is 1. The third-order valence-electron chi connectivity index (χ3n) is 3.76. The lowest BCUT2D eigenvalue weighted by atomic mass is 9.81. The molecule has 0 spiro atoms. The minimum absolute atomic E-state index is 0.373. The van der Waals surface area contributed by atoms with Crippen molar-refractivity contribution in [3.63, 3.8) is 0 Å². The summed E-state index contributed by atoms with van der Waals surface area (Å²) in [6.45, 7) is 6.05. The van der Waals surface area contributed by atoms with Crippen LogP contribution in [0.2, 0.25) is 0 Å². The first-order chi connectivity index (χ1) is 8.89. The van der Waals surface area contributed by atoms with Gasteiger partial charge in [-0.25, -0.2) is 0 Å². The number of nitrogens with one attached hydrogen (secondary N) is 2. The van der Waals surface area contributed by atoms with Crippen molar-refractivity contribution in [2.45, 2.75) is 23.7 Å². The van der Waals surface area contributed by atoms with Crippen molar-refractivity contribution in [2.75, 3.05) is 26.2 Å². The molecule has 6 heteroatoms. The summed E-state index contributed by atoms with van der Waals surface area (Å²) < 4.78 is 23.4. The minimum atomic E-state index is -2.71. The number of alkyl halides is 3. The highest BCUT2D eigenvalue weighted by Crippen LogP contribution is 2.35. The van der Waals surface area contributed by atoms with Crippen LogP contribution in [0.4, 0.5) is 8.78 Å². The van der Waals surface area contributed by atoms with Gasteiger partial charge in [0.25, 0.3) is 0 Å². The topological polar surface area (TPSA) is 36.4 Å². The molecule has 0 aliphatic carbocycles. The van der Waals surface area contributed by atoms with Crippen LogP contribution >= 0.6 is 22.6 Å². The summed E-state index contributed by atoms with van der Waals surface area (Å²) in [7, 11) is 0. The molecule has 0 radical (unpaired) electrons. The molecule has 0 aromatic carbocycles. The molecule has 2 aliphatic rings. The zero-order chi connectivity index (χ0) is 13.9. The fourth-order valence-electron chi connectivity index (χ4n) is 2.23. The van der Waals surface area contributed by atoms with Crippen molar-refractivity contribution in [2.24, 2.45) is 16.3 Å². The molecule has 0 aromatic heterocycles. The van der Waals surface area contributed by atoms with E-state index < -0.39 is 9.85 Å². The minimum Gasteiger partial charge on any atom is -0.316 e. The summed E-state index contributed by atoms with van der Waals surface area (Å²) in [5.41, 5.74) is 1.29. The maximum absolute atomic E-state index is 13.1. The van der Waals surface area contributed by atoms with Gasteiger partial charge in [0.2, 0.25) is 0 Å². The van der Waals surface area contributed by atoms with E-state index >= 15 is 0 Å². The Labute approximate surface area is 126 Å². The molecule has 3 nitrogen and oxygen atoms in total. The van der Waals surface area contributed by atoms with Crippen molar-refractivity contribution in [3.05, 3.63) is 11.8 Å². The number of allylic oxidation sites excluding steroid dienone is 1. The molecule has 0 bridgehead atoms. The lowest BCUT2D eigenvalue weighted by molar-refractivity contribution is 0.0905. The Morgan fingerprint density at radius 2 is 2.32 bits per heavy atom. The van der Waals surface area contributed by atoms with Gasteiger partial charge in [0.1, 0.15) is 0 Å². The van der Waals surface area contributed by atoms with Crippen LogP contribution in [0.3, 0.4) is 0 Å². The van der Waals surface area contributed by atoms with Crippen LogP contribution in [0.25, 0.3) is 0 Å². The van der Waals surface area contributed by atoms with Gasteiger partial charge in [-0.3, -0.25) is 4.99 Å². The van der Waals surface area contributed by atoms with Gasteiger partial charge in [-0.1, -0.05) is 13.0 Å². The van der Waals surface area contributed by atoms with Crippen molar-refractivity contribution in [1.82, 2.24) is 10.6 Å². The van der Waals surface area contributed by atoms with Gasteiger partial charge in [-0.05, 0) is 47.4 Å².